The maximum atomic E-state index is 14.2. The van der Waals surface area contributed by atoms with Crippen molar-refractivity contribution >= 4 is 5.69 Å². The summed E-state index contributed by atoms with van der Waals surface area (Å²) in [4.78, 5) is 2.10. The Morgan fingerprint density at radius 3 is 2.42 bits per heavy atom. The smallest absolute Gasteiger partial charge is 0.146 e. The van der Waals surface area contributed by atoms with Gasteiger partial charge in [-0.05, 0) is 56.2 Å². The van der Waals surface area contributed by atoms with Crippen LogP contribution in [0, 0.1) is 11.7 Å². The molecule has 2 nitrogen and oxygen atoms in total. The Bertz CT molecular complexity index is 423. The van der Waals surface area contributed by atoms with Crippen molar-refractivity contribution in [1.82, 2.24) is 0 Å². The maximum absolute atomic E-state index is 14.2. The van der Waals surface area contributed by atoms with Gasteiger partial charge in [0.1, 0.15) is 5.82 Å². The molecule has 1 fully saturated rings. The molecule has 0 aliphatic heterocycles. The molecule has 0 saturated heterocycles. The van der Waals surface area contributed by atoms with Gasteiger partial charge in [0.15, 0.2) is 0 Å². The van der Waals surface area contributed by atoms with E-state index in [2.05, 4.69) is 11.8 Å². The predicted molar refractivity (Wildman–Crippen MR) is 78.8 cm³/mol. The molecule has 106 valence electrons. The lowest BCUT2D eigenvalue weighted by molar-refractivity contribution is 0.339. The van der Waals surface area contributed by atoms with E-state index in [-0.39, 0.29) is 11.9 Å². The molecule has 1 aromatic rings. The van der Waals surface area contributed by atoms with Gasteiger partial charge in [0, 0.05) is 19.1 Å². The molecule has 1 aliphatic rings. The highest BCUT2D eigenvalue weighted by atomic mass is 19.1. The average Bonchev–Trinajstić information content (AvgIpc) is 2.38. The van der Waals surface area contributed by atoms with E-state index in [1.54, 1.807) is 6.07 Å². The molecule has 0 heterocycles. The average molecular weight is 264 g/mol. The van der Waals surface area contributed by atoms with Crippen LogP contribution in [0.25, 0.3) is 0 Å². The highest BCUT2D eigenvalue weighted by Gasteiger charge is 2.23. The summed E-state index contributed by atoms with van der Waals surface area (Å²) in [5, 5.41) is 0. The number of hydrogen-bond acceptors (Lipinski definition) is 2. The van der Waals surface area contributed by atoms with Crippen LogP contribution in [0.5, 0.6) is 0 Å². The first-order valence-electron chi connectivity index (χ1n) is 7.27. The number of rotatable bonds is 3. The molecule has 2 N–H and O–H groups in total. The quantitative estimate of drug-likeness (QED) is 0.898. The van der Waals surface area contributed by atoms with Crippen LogP contribution in [0.2, 0.25) is 0 Å². The second kappa shape index (κ2) is 5.91. The van der Waals surface area contributed by atoms with Crippen LogP contribution < -0.4 is 10.6 Å². The number of hydrogen-bond donors (Lipinski definition) is 1. The first kappa shape index (κ1) is 14.3. The molecule has 2 rings (SSSR count). The summed E-state index contributed by atoms with van der Waals surface area (Å²) in [6, 6.07) is 5.72. The summed E-state index contributed by atoms with van der Waals surface area (Å²) in [6.45, 7) is 4.18. The number of nitrogens with zero attached hydrogens (tertiary/aromatic N) is 1. The molecular weight excluding hydrogens is 239 g/mol. The van der Waals surface area contributed by atoms with E-state index >= 15 is 0 Å². The molecular formula is C16H25FN2. The van der Waals surface area contributed by atoms with Crippen molar-refractivity contribution < 1.29 is 4.39 Å². The fourth-order valence-corrected chi connectivity index (χ4v) is 2.92. The molecule has 0 radical (unpaired) electrons. The zero-order valence-electron chi connectivity index (χ0n) is 12.2. The fourth-order valence-electron chi connectivity index (χ4n) is 2.92. The third-order valence-electron chi connectivity index (χ3n) is 4.41. The van der Waals surface area contributed by atoms with E-state index in [9.17, 15) is 4.39 Å². The largest absolute Gasteiger partial charge is 0.369 e. The monoisotopic (exact) mass is 264 g/mol. The van der Waals surface area contributed by atoms with E-state index in [4.69, 9.17) is 5.73 Å². The molecule has 3 heteroatoms. The number of benzene rings is 1. The number of nitrogens with two attached hydrogens (primary N) is 1. The lowest BCUT2D eigenvalue weighted by atomic mass is 9.86. The summed E-state index contributed by atoms with van der Waals surface area (Å²) >= 11 is 0. The zero-order valence-corrected chi connectivity index (χ0v) is 12.2. The highest BCUT2D eigenvalue weighted by molar-refractivity contribution is 5.49. The van der Waals surface area contributed by atoms with Crippen LogP contribution in [-0.4, -0.2) is 13.1 Å². The minimum absolute atomic E-state index is 0.121. The van der Waals surface area contributed by atoms with Crippen molar-refractivity contribution in [2.75, 3.05) is 11.9 Å². The van der Waals surface area contributed by atoms with E-state index < -0.39 is 0 Å². The minimum atomic E-state index is -0.157. The molecule has 0 amide bonds. The van der Waals surface area contributed by atoms with Gasteiger partial charge in [-0.2, -0.15) is 0 Å². The normalized spacial score (nSPS) is 25.1. The third kappa shape index (κ3) is 3.27. The van der Waals surface area contributed by atoms with Gasteiger partial charge >= 0.3 is 0 Å². The van der Waals surface area contributed by atoms with Crippen molar-refractivity contribution in [3.05, 3.63) is 29.6 Å². The first-order valence-corrected chi connectivity index (χ1v) is 7.27. The lowest BCUT2D eigenvalue weighted by Crippen LogP contribution is -2.35. The molecule has 0 bridgehead atoms. The van der Waals surface area contributed by atoms with Crippen molar-refractivity contribution in [3.63, 3.8) is 0 Å². The van der Waals surface area contributed by atoms with E-state index in [0.717, 1.165) is 24.3 Å². The standard InChI is InChI=1S/C16H25FN2/c1-11-4-7-14(8-5-11)19(3)16-9-6-13(12(2)18)10-15(16)17/h6,9-12,14H,4-5,7-8,18H2,1-3H3/t11?,12-,14?/m1/s1. The molecule has 1 aliphatic carbocycles. The Labute approximate surface area is 115 Å². The number of halogens is 1. The summed E-state index contributed by atoms with van der Waals surface area (Å²) in [6.07, 6.45) is 4.81. The van der Waals surface area contributed by atoms with E-state index in [0.29, 0.717) is 11.7 Å². The van der Waals surface area contributed by atoms with Gasteiger partial charge in [-0.25, -0.2) is 4.39 Å². The first-order chi connectivity index (χ1) is 8.99. The van der Waals surface area contributed by atoms with Crippen LogP contribution >= 0.6 is 0 Å². The second-order valence-corrected chi connectivity index (χ2v) is 6.02. The van der Waals surface area contributed by atoms with Crippen molar-refractivity contribution in [2.45, 2.75) is 51.6 Å². The van der Waals surface area contributed by atoms with Gasteiger partial charge in [-0.1, -0.05) is 13.0 Å². The van der Waals surface area contributed by atoms with Crippen molar-refractivity contribution in [3.8, 4) is 0 Å². The lowest BCUT2D eigenvalue weighted by Gasteiger charge is -2.35. The Hall–Kier alpha value is -1.09. The highest BCUT2D eigenvalue weighted by Crippen LogP contribution is 2.31. The van der Waals surface area contributed by atoms with Gasteiger partial charge in [-0.15, -0.1) is 0 Å². The van der Waals surface area contributed by atoms with E-state index in [1.165, 1.54) is 12.8 Å². The molecule has 1 aromatic carbocycles. The minimum Gasteiger partial charge on any atom is -0.369 e. The van der Waals surface area contributed by atoms with Crippen LogP contribution in [0.15, 0.2) is 18.2 Å². The van der Waals surface area contributed by atoms with Gasteiger partial charge in [0.2, 0.25) is 0 Å². The molecule has 0 unspecified atom stereocenters. The Morgan fingerprint density at radius 1 is 1.26 bits per heavy atom. The fraction of sp³-hybridized carbons (Fsp3) is 0.625. The summed E-state index contributed by atoms with van der Waals surface area (Å²) in [5.41, 5.74) is 7.34. The van der Waals surface area contributed by atoms with Crippen LogP contribution in [0.4, 0.5) is 10.1 Å². The third-order valence-corrected chi connectivity index (χ3v) is 4.41. The van der Waals surface area contributed by atoms with Crippen LogP contribution in [-0.2, 0) is 0 Å². The van der Waals surface area contributed by atoms with Crippen LogP contribution in [0.1, 0.15) is 51.1 Å². The van der Waals surface area contributed by atoms with E-state index in [1.807, 2.05) is 26.1 Å². The summed E-state index contributed by atoms with van der Waals surface area (Å²) < 4.78 is 14.2. The molecule has 0 spiro atoms. The predicted octanol–water partition coefficient (Wildman–Crippen LogP) is 3.86. The van der Waals surface area contributed by atoms with Gasteiger partial charge < -0.3 is 10.6 Å². The van der Waals surface area contributed by atoms with Gasteiger partial charge in [0.05, 0.1) is 5.69 Å². The molecule has 0 aromatic heterocycles. The second-order valence-electron chi connectivity index (χ2n) is 6.02. The topological polar surface area (TPSA) is 29.3 Å². The Kier molecular flexibility index (Phi) is 4.46. The van der Waals surface area contributed by atoms with Crippen molar-refractivity contribution in [2.24, 2.45) is 11.7 Å². The maximum Gasteiger partial charge on any atom is 0.146 e. The van der Waals surface area contributed by atoms with Gasteiger partial charge in [-0.3, -0.25) is 0 Å². The molecule has 19 heavy (non-hydrogen) atoms. The molecule has 1 atom stereocenters. The Balaban J connectivity index is 2.12. The summed E-state index contributed by atoms with van der Waals surface area (Å²) in [5.74, 6) is 0.658. The van der Waals surface area contributed by atoms with Gasteiger partial charge in [0.25, 0.3) is 0 Å². The Morgan fingerprint density at radius 2 is 1.89 bits per heavy atom. The number of anilines is 1. The summed E-state index contributed by atoms with van der Waals surface area (Å²) in [7, 11) is 2.00. The van der Waals surface area contributed by atoms with Crippen LogP contribution in [0.3, 0.4) is 0 Å². The zero-order chi connectivity index (χ0) is 14.0. The van der Waals surface area contributed by atoms with Crippen molar-refractivity contribution in [1.29, 1.82) is 0 Å². The SMILES string of the molecule is CC1CCC(N(C)c2ccc([C@@H](C)N)cc2F)CC1. The molecule has 1 saturated carbocycles.